The van der Waals surface area contributed by atoms with Gasteiger partial charge in [-0.05, 0) is 6.92 Å². The zero-order valence-electron chi connectivity index (χ0n) is 8.60. The van der Waals surface area contributed by atoms with E-state index in [1.54, 1.807) is 6.92 Å². The monoisotopic (exact) mass is 235 g/mol. The van der Waals surface area contributed by atoms with Gasteiger partial charge in [0.1, 0.15) is 18.0 Å². The van der Waals surface area contributed by atoms with E-state index in [0.29, 0.717) is 17.2 Å². The van der Waals surface area contributed by atoms with Gasteiger partial charge in [0.05, 0.1) is 6.42 Å². The highest BCUT2D eigenvalue weighted by atomic mass is 19.4. The Labute approximate surface area is 90.2 Å². The van der Waals surface area contributed by atoms with Crippen molar-refractivity contribution in [3.05, 3.63) is 11.9 Å². The summed E-state index contributed by atoms with van der Waals surface area (Å²) >= 11 is 0. The van der Waals surface area contributed by atoms with Crippen molar-refractivity contribution in [1.29, 1.82) is 0 Å². The summed E-state index contributed by atoms with van der Waals surface area (Å²) in [5, 5.41) is 2.58. The number of nitrogens with zero attached hydrogens (tertiary/aromatic N) is 2. The fourth-order valence-corrected chi connectivity index (χ4v) is 1.10. The lowest BCUT2D eigenvalue weighted by Crippen LogP contribution is -2.17. The van der Waals surface area contributed by atoms with Crippen LogP contribution in [-0.2, 0) is 0 Å². The fourth-order valence-electron chi connectivity index (χ4n) is 1.10. The van der Waals surface area contributed by atoms with E-state index in [1.807, 2.05) is 0 Å². The summed E-state index contributed by atoms with van der Waals surface area (Å²) in [6, 6.07) is 0. The molecular weight excluding hydrogens is 223 g/mol. The van der Waals surface area contributed by atoms with Crippen LogP contribution in [0.3, 0.4) is 0 Å². The Kier molecular flexibility index (Phi) is 3.88. The van der Waals surface area contributed by atoms with Crippen molar-refractivity contribution >= 4 is 11.6 Å². The van der Waals surface area contributed by atoms with E-state index >= 15 is 0 Å². The van der Waals surface area contributed by atoms with Gasteiger partial charge in [-0.25, -0.2) is 15.8 Å². The molecule has 1 heterocycles. The summed E-state index contributed by atoms with van der Waals surface area (Å²) in [5.74, 6) is 5.89. The molecule has 0 aliphatic rings. The number of aromatic nitrogens is 2. The van der Waals surface area contributed by atoms with Crippen LogP contribution in [-0.4, -0.2) is 22.7 Å². The molecule has 8 heteroatoms. The molecule has 90 valence electrons. The van der Waals surface area contributed by atoms with E-state index in [9.17, 15) is 13.2 Å². The molecule has 0 bridgehead atoms. The molecule has 0 aliphatic heterocycles. The van der Waals surface area contributed by atoms with Gasteiger partial charge in [0.25, 0.3) is 0 Å². The second kappa shape index (κ2) is 4.97. The van der Waals surface area contributed by atoms with Gasteiger partial charge in [0.2, 0.25) is 0 Å². The Morgan fingerprint density at radius 3 is 2.50 bits per heavy atom. The SMILES string of the molecule is Cc1c(NN)ncnc1NCCC(F)(F)F. The standard InChI is InChI=1S/C8H12F3N5/c1-5-6(13-3-2-8(9,10)11)14-4-15-7(5)16-12/h4H,2-3,12H2,1H3,(H2,13,14,15,16). The van der Waals surface area contributed by atoms with Gasteiger partial charge in [-0.3, -0.25) is 0 Å². The topological polar surface area (TPSA) is 75.9 Å². The minimum absolute atomic E-state index is 0.231. The molecule has 0 aliphatic carbocycles. The van der Waals surface area contributed by atoms with Crippen LogP contribution in [0.15, 0.2) is 6.33 Å². The first-order chi connectivity index (χ1) is 7.44. The highest BCUT2D eigenvalue weighted by Crippen LogP contribution is 2.21. The number of halogens is 3. The largest absolute Gasteiger partial charge is 0.390 e. The maximum Gasteiger partial charge on any atom is 0.390 e. The summed E-state index contributed by atoms with van der Waals surface area (Å²) < 4.78 is 35.7. The quantitative estimate of drug-likeness (QED) is 0.543. The number of hydrogen-bond acceptors (Lipinski definition) is 5. The third-order valence-electron chi connectivity index (χ3n) is 1.92. The number of anilines is 2. The molecule has 1 aromatic rings. The van der Waals surface area contributed by atoms with Crippen LogP contribution in [0.4, 0.5) is 24.8 Å². The van der Waals surface area contributed by atoms with E-state index in [0.717, 1.165) is 0 Å². The van der Waals surface area contributed by atoms with Crippen molar-refractivity contribution < 1.29 is 13.2 Å². The van der Waals surface area contributed by atoms with Gasteiger partial charge in [0.15, 0.2) is 0 Å². The summed E-state index contributed by atoms with van der Waals surface area (Å²) in [4.78, 5) is 7.63. The molecule has 5 nitrogen and oxygen atoms in total. The number of nitrogens with one attached hydrogen (secondary N) is 2. The Hall–Kier alpha value is -1.57. The number of hydrazine groups is 1. The zero-order chi connectivity index (χ0) is 12.2. The number of nitrogens with two attached hydrogens (primary N) is 1. The molecule has 0 amide bonds. The lowest BCUT2D eigenvalue weighted by molar-refractivity contribution is -0.131. The second-order valence-corrected chi connectivity index (χ2v) is 3.13. The third-order valence-corrected chi connectivity index (χ3v) is 1.92. The normalized spacial score (nSPS) is 11.3. The summed E-state index contributed by atoms with van der Waals surface area (Å²) in [5.41, 5.74) is 2.91. The molecule has 4 N–H and O–H groups in total. The highest BCUT2D eigenvalue weighted by molar-refractivity contribution is 5.55. The molecule has 0 atom stereocenters. The Bertz CT molecular complexity index is 352. The Morgan fingerprint density at radius 1 is 1.31 bits per heavy atom. The second-order valence-electron chi connectivity index (χ2n) is 3.13. The maximum absolute atomic E-state index is 11.9. The molecule has 0 saturated carbocycles. The number of hydrogen-bond donors (Lipinski definition) is 3. The molecule has 16 heavy (non-hydrogen) atoms. The Morgan fingerprint density at radius 2 is 1.94 bits per heavy atom. The Balaban J connectivity index is 2.61. The average Bonchev–Trinajstić information content (AvgIpc) is 2.19. The zero-order valence-corrected chi connectivity index (χ0v) is 8.60. The highest BCUT2D eigenvalue weighted by Gasteiger charge is 2.26. The molecule has 0 spiro atoms. The summed E-state index contributed by atoms with van der Waals surface area (Å²) in [6.45, 7) is 1.43. The van der Waals surface area contributed by atoms with Crippen molar-refractivity contribution in [2.24, 2.45) is 5.84 Å². The van der Waals surface area contributed by atoms with Crippen molar-refractivity contribution in [3.8, 4) is 0 Å². The molecular formula is C8H12F3N5. The first kappa shape index (κ1) is 12.5. The lowest BCUT2D eigenvalue weighted by atomic mass is 10.3. The van der Waals surface area contributed by atoms with E-state index in [1.165, 1.54) is 6.33 Å². The minimum Gasteiger partial charge on any atom is -0.369 e. The van der Waals surface area contributed by atoms with Crippen LogP contribution in [0.5, 0.6) is 0 Å². The van der Waals surface area contributed by atoms with E-state index in [-0.39, 0.29) is 6.54 Å². The lowest BCUT2D eigenvalue weighted by Gasteiger charge is -2.11. The van der Waals surface area contributed by atoms with Gasteiger partial charge in [-0.15, -0.1) is 0 Å². The number of nitrogen functional groups attached to an aromatic ring is 1. The van der Waals surface area contributed by atoms with Gasteiger partial charge in [-0.2, -0.15) is 13.2 Å². The van der Waals surface area contributed by atoms with Crippen LogP contribution in [0.25, 0.3) is 0 Å². The predicted molar refractivity (Wildman–Crippen MR) is 53.7 cm³/mol. The van der Waals surface area contributed by atoms with Gasteiger partial charge in [-0.1, -0.05) is 0 Å². The van der Waals surface area contributed by atoms with Gasteiger partial charge >= 0.3 is 6.18 Å². The molecule has 0 unspecified atom stereocenters. The molecule has 0 radical (unpaired) electrons. The van der Waals surface area contributed by atoms with Gasteiger partial charge < -0.3 is 10.7 Å². The number of rotatable bonds is 4. The van der Waals surface area contributed by atoms with Gasteiger partial charge in [0, 0.05) is 12.1 Å². The maximum atomic E-state index is 11.9. The first-order valence-electron chi connectivity index (χ1n) is 4.53. The van der Waals surface area contributed by atoms with Crippen LogP contribution < -0.4 is 16.6 Å². The van der Waals surface area contributed by atoms with Crippen molar-refractivity contribution in [2.45, 2.75) is 19.5 Å². The van der Waals surface area contributed by atoms with Crippen LogP contribution in [0.1, 0.15) is 12.0 Å². The van der Waals surface area contributed by atoms with E-state index < -0.39 is 12.6 Å². The molecule has 1 aromatic heterocycles. The minimum atomic E-state index is -4.18. The third kappa shape index (κ3) is 3.54. The number of alkyl halides is 3. The molecule has 0 aromatic carbocycles. The summed E-state index contributed by atoms with van der Waals surface area (Å²) in [7, 11) is 0. The summed E-state index contributed by atoms with van der Waals surface area (Å²) in [6.07, 6.45) is -3.87. The van der Waals surface area contributed by atoms with Crippen molar-refractivity contribution in [3.63, 3.8) is 0 Å². The van der Waals surface area contributed by atoms with Crippen LogP contribution >= 0.6 is 0 Å². The molecule has 0 saturated heterocycles. The van der Waals surface area contributed by atoms with E-state index in [4.69, 9.17) is 5.84 Å². The smallest absolute Gasteiger partial charge is 0.369 e. The van der Waals surface area contributed by atoms with E-state index in [2.05, 4.69) is 20.7 Å². The molecule has 1 rings (SSSR count). The average molecular weight is 235 g/mol. The van der Waals surface area contributed by atoms with Crippen LogP contribution in [0.2, 0.25) is 0 Å². The van der Waals surface area contributed by atoms with Crippen molar-refractivity contribution in [1.82, 2.24) is 9.97 Å². The molecule has 0 fully saturated rings. The van der Waals surface area contributed by atoms with Crippen molar-refractivity contribution in [2.75, 3.05) is 17.3 Å². The fraction of sp³-hybridized carbons (Fsp3) is 0.500. The van der Waals surface area contributed by atoms with Crippen LogP contribution in [0, 0.1) is 6.92 Å². The predicted octanol–water partition coefficient (Wildman–Crippen LogP) is 1.43. The first-order valence-corrected chi connectivity index (χ1v) is 4.53.